The molecule has 2 heterocycles. The van der Waals surface area contributed by atoms with Gasteiger partial charge in [-0.2, -0.15) is 0 Å². The van der Waals surface area contributed by atoms with Crippen LogP contribution in [0.1, 0.15) is 45.7 Å². The molecule has 1 unspecified atom stereocenters. The third kappa shape index (κ3) is 2.64. The molecule has 2 aliphatic rings. The fourth-order valence-electron chi connectivity index (χ4n) is 4.45. The lowest BCUT2D eigenvalue weighted by Crippen LogP contribution is -2.44. The van der Waals surface area contributed by atoms with Gasteiger partial charge in [-0.25, -0.2) is 0 Å². The molecule has 146 valence electrons. The van der Waals surface area contributed by atoms with Gasteiger partial charge in [0, 0.05) is 18.6 Å². The van der Waals surface area contributed by atoms with E-state index in [1.807, 2.05) is 88.0 Å². The molecule has 0 bridgehead atoms. The normalized spacial score (nSPS) is 25.2. The SMILES string of the molecule is CCN1C(=O)C(CB2OC(C)(C)C(C)(C)O2)(c2ccccc2)c2ccccc21. The number of amides is 1. The maximum atomic E-state index is 13.8. The summed E-state index contributed by atoms with van der Waals surface area (Å²) in [7, 11) is -0.459. The fourth-order valence-corrected chi connectivity index (χ4v) is 4.45. The first-order valence-corrected chi connectivity index (χ1v) is 10.1. The molecule has 4 nitrogen and oxygen atoms in total. The van der Waals surface area contributed by atoms with Crippen molar-refractivity contribution in [2.75, 3.05) is 11.4 Å². The van der Waals surface area contributed by atoms with Crippen molar-refractivity contribution in [2.24, 2.45) is 0 Å². The Labute approximate surface area is 168 Å². The number of rotatable bonds is 4. The van der Waals surface area contributed by atoms with Crippen LogP contribution in [0.5, 0.6) is 0 Å². The van der Waals surface area contributed by atoms with Crippen LogP contribution in [0.2, 0.25) is 6.32 Å². The van der Waals surface area contributed by atoms with E-state index in [4.69, 9.17) is 9.31 Å². The molecule has 0 aromatic heterocycles. The second-order valence-electron chi connectivity index (χ2n) is 8.73. The third-order valence-electron chi connectivity index (χ3n) is 6.62. The largest absolute Gasteiger partial charge is 0.459 e. The van der Waals surface area contributed by atoms with Gasteiger partial charge in [0.2, 0.25) is 5.91 Å². The Kier molecular flexibility index (Phi) is 4.44. The van der Waals surface area contributed by atoms with Gasteiger partial charge in [0.05, 0.1) is 11.2 Å². The Bertz CT molecular complexity index is 880. The minimum Gasteiger partial charge on any atom is -0.403 e. The molecule has 2 aliphatic heterocycles. The van der Waals surface area contributed by atoms with E-state index in [0.717, 1.165) is 16.8 Å². The molecule has 5 heteroatoms. The second-order valence-corrected chi connectivity index (χ2v) is 8.73. The van der Waals surface area contributed by atoms with Crippen LogP contribution in [-0.2, 0) is 19.5 Å². The predicted molar refractivity (Wildman–Crippen MR) is 113 cm³/mol. The Morgan fingerprint density at radius 1 is 0.893 bits per heavy atom. The van der Waals surface area contributed by atoms with Crippen LogP contribution < -0.4 is 4.90 Å². The molecule has 0 N–H and O–H groups in total. The molecule has 0 radical (unpaired) electrons. The average molecular weight is 377 g/mol. The second kappa shape index (κ2) is 6.46. The van der Waals surface area contributed by atoms with E-state index < -0.39 is 23.7 Å². The minimum absolute atomic E-state index is 0.0945. The monoisotopic (exact) mass is 377 g/mol. The van der Waals surface area contributed by atoms with Gasteiger partial charge in [0.15, 0.2) is 0 Å². The number of carbonyl (C=O) groups excluding carboxylic acids is 1. The Morgan fingerprint density at radius 2 is 1.46 bits per heavy atom. The van der Waals surface area contributed by atoms with Crippen molar-refractivity contribution in [3.05, 3.63) is 65.7 Å². The van der Waals surface area contributed by atoms with Gasteiger partial charge in [0.1, 0.15) is 5.41 Å². The molecular weight excluding hydrogens is 349 g/mol. The number of hydrogen-bond acceptors (Lipinski definition) is 3. The smallest absolute Gasteiger partial charge is 0.403 e. The van der Waals surface area contributed by atoms with E-state index in [2.05, 4.69) is 6.07 Å². The third-order valence-corrected chi connectivity index (χ3v) is 6.62. The van der Waals surface area contributed by atoms with Crippen molar-refractivity contribution in [3.8, 4) is 0 Å². The van der Waals surface area contributed by atoms with E-state index in [1.165, 1.54) is 0 Å². The summed E-state index contributed by atoms with van der Waals surface area (Å²) < 4.78 is 12.6. The molecule has 0 saturated carbocycles. The van der Waals surface area contributed by atoms with Crippen LogP contribution in [-0.4, -0.2) is 30.8 Å². The molecule has 1 amide bonds. The van der Waals surface area contributed by atoms with Crippen molar-refractivity contribution in [2.45, 2.75) is 57.6 Å². The van der Waals surface area contributed by atoms with Crippen LogP contribution in [0.15, 0.2) is 54.6 Å². The number of fused-ring (bicyclic) bond motifs is 1. The molecule has 0 spiro atoms. The maximum Gasteiger partial charge on any atom is 0.459 e. The van der Waals surface area contributed by atoms with Crippen LogP contribution in [0.3, 0.4) is 0 Å². The zero-order valence-electron chi connectivity index (χ0n) is 17.4. The molecule has 2 aromatic carbocycles. The van der Waals surface area contributed by atoms with Crippen LogP contribution in [0.25, 0.3) is 0 Å². The lowest BCUT2D eigenvalue weighted by Gasteiger charge is -2.32. The highest BCUT2D eigenvalue weighted by molar-refractivity contribution is 6.47. The Hall–Kier alpha value is -2.11. The van der Waals surface area contributed by atoms with Crippen molar-refractivity contribution in [1.29, 1.82) is 0 Å². The fraction of sp³-hybridized carbons (Fsp3) is 0.435. The molecule has 28 heavy (non-hydrogen) atoms. The highest BCUT2D eigenvalue weighted by Gasteiger charge is 2.59. The lowest BCUT2D eigenvalue weighted by molar-refractivity contribution is -0.121. The summed E-state index contributed by atoms with van der Waals surface area (Å²) in [4.78, 5) is 15.7. The summed E-state index contributed by atoms with van der Waals surface area (Å²) in [6.07, 6.45) is 0.455. The van der Waals surface area contributed by atoms with E-state index in [0.29, 0.717) is 12.9 Å². The first kappa shape index (κ1) is 19.2. The van der Waals surface area contributed by atoms with Crippen molar-refractivity contribution in [3.63, 3.8) is 0 Å². The van der Waals surface area contributed by atoms with Gasteiger partial charge in [0.25, 0.3) is 0 Å². The lowest BCUT2D eigenvalue weighted by atomic mass is 9.61. The minimum atomic E-state index is -0.810. The van der Waals surface area contributed by atoms with E-state index in [9.17, 15) is 4.79 Å². The first-order chi connectivity index (χ1) is 13.2. The average Bonchev–Trinajstić information content (AvgIpc) is 3.02. The molecule has 1 atom stereocenters. The summed E-state index contributed by atoms with van der Waals surface area (Å²) >= 11 is 0. The van der Waals surface area contributed by atoms with E-state index >= 15 is 0 Å². The molecule has 1 saturated heterocycles. The van der Waals surface area contributed by atoms with Gasteiger partial charge in [-0.3, -0.25) is 4.79 Å². The number of hydrogen-bond donors (Lipinski definition) is 0. The van der Waals surface area contributed by atoms with Crippen molar-refractivity contribution < 1.29 is 14.1 Å². The summed E-state index contributed by atoms with van der Waals surface area (Å²) in [5.41, 5.74) is 1.33. The van der Waals surface area contributed by atoms with Crippen LogP contribution in [0, 0.1) is 0 Å². The van der Waals surface area contributed by atoms with Gasteiger partial charge in [-0.1, -0.05) is 48.5 Å². The highest BCUT2D eigenvalue weighted by atomic mass is 16.7. The maximum absolute atomic E-state index is 13.8. The number of carbonyl (C=O) groups is 1. The number of nitrogens with zero attached hydrogens (tertiary/aromatic N) is 1. The summed E-state index contributed by atoms with van der Waals surface area (Å²) in [5.74, 6) is 0.0945. The zero-order chi connectivity index (χ0) is 20.2. The Balaban J connectivity index is 1.86. The molecule has 4 rings (SSSR count). The molecule has 1 fully saturated rings. The number of likely N-dealkylation sites (N-methyl/N-ethyl adjacent to an activating group) is 1. The predicted octanol–water partition coefficient (Wildman–Crippen LogP) is 4.43. The number of benzene rings is 2. The van der Waals surface area contributed by atoms with Crippen molar-refractivity contribution >= 4 is 18.7 Å². The van der Waals surface area contributed by atoms with Crippen molar-refractivity contribution in [1.82, 2.24) is 0 Å². The van der Waals surface area contributed by atoms with Gasteiger partial charge < -0.3 is 14.2 Å². The Morgan fingerprint density at radius 3 is 2.07 bits per heavy atom. The summed E-state index contributed by atoms with van der Waals surface area (Å²) in [6, 6.07) is 18.1. The van der Waals surface area contributed by atoms with Gasteiger partial charge in [-0.15, -0.1) is 0 Å². The topological polar surface area (TPSA) is 38.8 Å². The number of para-hydroxylation sites is 1. The van der Waals surface area contributed by atoms with Gasteiger partial charge >= 0.3 is 7.12 Å². The van der Waals surface area contributed by atoms with Crippen LogP contribution in [0.4, 0.5) is 5.69 Å². The zero-order valence-corrected chi connectivity index (χ0v) is 17.4. The van der Waals surface area contributed by atoms with Gasteiger partial charge in [-0.05, 0) is 51.8 Å². The standard InChI is InChI=1S/C23H28BNO3/c1-6-25-19-15-11-10-14-18(19)23(20(25)26,17-12-8-7-9-13-17)16-24-27-21(2,3)22(4,5)28-24/h7-15H,6,16H2,1-5H3. The molecule has 2 aromatic rings. The molecular formula is C23H28BNO3. The number of anilines is 1. The quantitative estimate of drug-likeness (QED) is 0.740. The highest BCUT2D eigenvalue weighted by Crippen LogP contribution is 2.51. The summed E-state index contributed by atoms with van der Waals surface area (Å²) in [5, 5.41) is 0. The van der Waals surface area contributed by atoms with Crippen LogP contribution >= 0.6 is 0 Å². The molecule has 0 aliphatic carbocycles. The summed E-state index contributed by atoms with van der Waals surface area (Å²) in [6.45, 7) is 10.8. The van der Waals surface area contributed by atoms with E-state index in [-0.39, 0.29) is 5.91 Å². The van der Waals surface area contributed by atoms with E-state index in [1.54, 1.807) is 0 Å². The first-order valence-electron chi connectivity index (χ1n) is 10.1.